The Hall–Kier alpha value is -1.93. The van der Waals surface area contributed by atoms with Crippen LogP contribution in [0, 0.1) is 0 Å². The fourth-order valence-electron chi connectivity index (χ4n) is 5.19. The van der Waals surface area contributed by atoms with Crippen molar-refractivity contribution >= 4 is 27.5 Å². The number of anilines is 1. The minimum absolute atomic E-state index is 0.0156. The molecule has 2 fully saturated rings. The van der Waals surface area contributed by atoms with Crippen molar-refractivity contribution in [1.82, 2.24) is 9.21 Å². The Morgan fingerprint density at radius 3 is 2.31 bits per heavy atom. The Morgan fingerprint density at radius 2 is 1.59 bits per heavy atom. The molecule has 0 aromatic heterocycles. The molecule has 2 amide bonds. The van der Waals surface area contributed by atoms with E-state index in [1.807, 2.05) is 11.8 Å². The van der Waals surface area contributed by atoms with Crippen LogP contribution in [0.2, 0.25) is 0 Å². The van der Waals surface area contributed by atoms with Gasteiger partial charge in [0.2, 0.25) is 21.8 Å². The zero-order valence-corrected chi connectivity index (χ0v) is 19.9. The van der Waals surface area contributed by atoms with Crippen LogP contribution in [0.25, 0.3) is 0 Å². The van der Waals surface area contributed by atoms with Crippen molar-refractivity contribution in [3.63, 3.8) is 0 Å². The third kappa shape index (κ3) is 4.86. The first kappa shape index (κ1) is 23.2. The number of nitrogens with zero attached hydrogens (tertiary/aromatic N) is 3. The molecule has 7 nitrogen and oxygen atoms in total. The Balaban J connectivity index is 1.41. The van der Waals surface area contributed by atoms with Crippen molar-refractivity contribution in [2.24, 2.45) is 0 Å². The SMILES string of the molecule is CC1CCCCN1S(=O)(=O)c1ccc2c(c1)CCN2C(=O)CCC(=O)N1CCCCCC1. The first-order valence-electron chi connectivity index (χ1n) is 12.1. The summed E-state index contributed by atoms with van der Waals surface area (Å²) in [5, 5.41) is 0. The average Bonchev–Trinajstić information content (AvgIpc) is 3.02. The molecule has 0 saturated carbocycles. The van der Waals surface area contributed by atoms with Crippen LogP contribution < -0.4 is 4.90 Å². The van der Waals surface area contributed by atoms with Gasteiger partial charge < -0.3 is 9.80 Å². The lowest BCUT2D eigenvalue weighted by molar-refractivity contribution is -0.133. The van der Waals surface area contributed by atoms with Gasteiger partial charge in [0.25, 0.3) is 0 Å². The summed E-state index contributed by atoms with van der Waals surface area (Å²) in [6, 6.07) is 5.14. The quantitative estimate of drug-likeness (QED) is 0.674. The Morgan fingerprint density at radius 1 is 0.906 bits per heavy atom. The smallest absolute Gasteiger partial charge is 0.243 e. The number of carbonyl (C=O) groups excluding carboxylic acids is 2. The minimum Gasteiger partial charge on any atom is -0.343 e. The molecule has 4 rings (SSSR count). The molecule has 176 valence electrons. The van der Waals surface area contributed by atoms with Gasteiger partial charge in [0.05, 0.1) is 4.90 Å². The van der Waals surface area contributed by atoms with Crippen molar-refractivity contribution < 1.29 is 18.0 Å². The Labute approximate surface area is 191 Å². The average molecular weight is 462 g/mol. The third-order valence-electron chi connectivity index (χ3n) is 7.11. The van der Waals surface area contributed by atoms with Crippen LogP contribution in [0.15, 0.2) is 23.1 Å². The van der Waals surface area contributed by atoms with Gasteiger partial charge in [0.15, 0.2) is 0 Å². The van der Waals surface area contributed by atoms with E-state index in [0.29, 0.717) is 24.4 Å². The number of carbonyl (C=O) groups is 2. The fourth-order valence-corrected chi connectivity index (χ4v) is 6.94. The van der Waals surface area contributed by atoms with Crippen LogP contribution in [0.5, 0.6) is 0 Å². The number of rotatable bonds is 5. The number of hydrogen-bond donors (Lipinski definition) is 0. The van der Waals surface area contributed by atoms with Crippen LogP contribution in [-0.4, -0.2) is 61.7 Å². The molecule has 0 N–H and O–H groups in total. The second-order valence-electron chi connectivity index (χ2n) is 9.34. The molecular formula is C24H35N3O4S. The van der Waals surface area contributed by atoms with Crippen molar-refractivity contribution in [2.75, 3.05) is 31.1 Å². The zero-order chi connectivity index (χ0) is 22.7. The first-order chi connectivity index (χ1) is 15.4. The van der Waals surface area contributed by atoms with E-state index >= 15 is 0 Å². The predicted molar refractivity (Wildman–Crippen MR) is 124 cm³/mol. The van der Waals surface area contributed by atoms with E-state index in [0.717, 1.165) is 56.4 Å². The number of hydrogen-bond acceptors (Lipinski definition) is 4. The number of benzene rings is 1. The van der Waals surface area contributed by atoms with Crippen molar-refractivity contribution in [3.8, 4) is 0 Å². The molecule has 32 heavy (non-hydrogen) atoms. The highest BCUT2D eigenvalue weighted by Gasteiger charge is 2.33. The predicted octanol–water partition coefficient (Wildman–Crippen LogP) is 3.32. The molecule has 1 atom stereocenters. The van der Waals surface area contributed by atoms with Gasteiger partial charge in [-0.2, -0.15) is 4.31 Å². The van der Waals surface area contributed by atoms with Gasteiger partial charge in [0, 0.05) is 50.7 Å². The number of amides is 2. The largest absolute Gasteiger partial charge is 0.343 e. The number of piperidine rings is 1. The van der Waals surface area contributed by atoms with Crippen molar-refractivity contribution in [3.05, 3.63) is 23.8 Å². The molecule has 3 heterocycles. The van der Waals surface area contributed by atoms with Gasteiger partial charge in [-0.3, -0.25) is 9.59 Å². The van der Waals surface area contributed by atoms with E-state index in [1.54, 1.807) is 27.4 Å². The molecule has 1 aromatic carbocycles. The van der Waals surface area contributed by atoms with E-state index in [2.05, 4.69) is 0 Å². The summed E-state index contributed by atoms with van der Waals surface area (Å²) in [5.74, 6) is 0.00365. The molecule has 1 aromatic rings. The maximum absolute atomic E-state index is 13.2. The Bertz CT molecular complexity index is 954. The van der Waals surface area contributed by atoms with Crippen LogP contribution in [-0.2, 0) is 26.0 Å². The lowest BCUT2D eigenvalue weighted by atomic mass is 10.1. The van der Waals surface area contributed by atoms with Gasteiger partial charge in [0.1, 0.15) is 0 Å². The lowest BCUT2D eigenvalue weighted by Crippen LogP contribution is -2.41. The summed E-state index contributed by atoms with van der Waals surface area (Å²) >= 11 is 0. The minimum atomic E-state index is -3.53. The summed E-state index contributed by atoms with van der Waals surface area (Å²) in [4.78, 5) is 29.3. The molecule has 1 unspecified atom stereocenters. The van der Waals surface area contributed by atoms with Gasteiger partial charge in [-0.25, -0.2) is 8.42 Å². The first-order valence-corrected chi connectivity index (χ1v) is 13.5. The topological polar surface area (TPSA) is 78.0 Å². The second-order valence-corrected chi connectivity index (χ2v) is 11.2. The maximum Gasteiger partial charge on any atom is 0.243 e. The summed E-state index contributed by atoms with van der Waals surface area (Å²) in [7, 11) is -3.53. The number of sulfonamides is 1. The van der Waals surface area contributed by atoms with Gasteiger partial charge >= 0.3 is 0 Å². The highest BCUT2D eigenvalue weighted by Crippen LogP contribution is 2.33. The van der Waals surface area contributed by atoms with Gasteiger partial charge in [-0.15, -0.1) is 0 Å². The van der Waals surface area contributed by atoms with Gasteiger partial charge in [-0.1, -0.05) is 19.3 Å². The van der Waals surface area contributed by atoms with Crippen molar-refractivity contribution in [2.45, 2.75) is 82.1 Å². The summed E-state index contributed by atoms with van der Waals surface area (Å²) in [6.45, 7) is 4.67. The van der Waals surface area contributed by atoms with Crippen molar-refractivity contribution in [1.29, 1.82) is 0 Å². The monoisotopic (exact) mass is 461 g/mol. The van der Waals surface area contributed by atoms with Gasteiger partial charge in [-0.05, 0) is 62.8 Å². The molecule has 2 saturated heterocycles. The van der Waals surface area contributed by atoms with E-state index in [9.17, 15) is 18.0 Å². The summed E-state index contributed by atoms with van der Waals surface area (Å²) < 4.78 is 28.0. The molecule has 0 aliphatic carbocycles. The molecular weight excluding hydrogens is 426 g/mol. The maximum atomic E-state index is 13.2. The molecule has 3 aliphatic rings. The summed E-state index contributed by atoms with van der Waals surface area (Å²) in [6.07, 6.45) is 8.35. The van der Waals surface area contributed by atoms with E-state index in [-0.39, 0.29) is 30.7 Å². The number of fused-ring (bicyclic) bond motifs is 1. The summed E-state index contributed by atoms with van der Waals surface area (Å²) in [5.41, 5.74) is 1.67. The van der Waals surface area contributed by atoms with Crippen LogP contribution in [0.1, 0.15) is 70.3 Å². The third-order valence-corrected chi connectivity index (χ3v) is 9.12. The molecule has 8 heteroatoms. The van der Waals surface area contributed by atoms with E-state index in [1.165, 1.54) is 12.8 Å². The number of likely N-dealkylation sites (tertiary alicyclic amines) is 1. The molecule has 0 bridgehead atoms. The highest BCUT2D eigenvalue weighted by atomic mass is 32.2. The zero-order valence-electron chi connectivity index (χ0n) is 19.1. The van der Waals surface area contributed by atoms with E-state index < -0.39 is 10.0 Å². The molecule has 3 aliphatic heterocycles. The molecule has 0 radical (unpaired) electrons. The lowest BCUT2D eigenvalue weighted by Gasteiger charge is -2.32. The van der Waals surface area contributed by atoms with Crippen LogP contribution in [0.3, 0.4) is 0 Å². The fraction of sp³-hybridized carbons (Fsp3) is 0.667. The highest BCUT2D eigenvalue weighted by molar-refractivity contribution is 7.89. The van der Waals surface area contributed by atoms with Crippen LogP contribution in [0.4, 0.5) is 5.69 Å². The van der Waals surface area contributed by atoms with E-state index in [4.69, 9.17) is 0 Å². The normalized spacial score (nSPS) is 22.5. The second kappa shape index (κ2) is 9.91. The molecule has 0 spiro atoms. The standard InChI is InChI=1S/C24H35N3O4S/c1-19-8-4-7-16-27(19)32(30,31)21-9-10-22-20(18-21)13-17-26(22)24(29)12-11-23(28)25-14-5-2-3-6-15-25/h9-10,18-19H,2-8,11-17H2,1H3. The van der Waals surface area contributed by atoms with Crippen LogP contribution >= 0.6 is 0 Å². The Kier molecular flexibility index (Phi) is 7.20.